The van der Waals surface area contributed by atoms with Crippen molar-refractivity contribution in [1.29, 1.82) is 0 Å². The highest BCUT2D eigenvalue weighted by atomic mass is 35.5. The minimum Gasteiger partial charge on any atom is -0.348 e. The summed E-state index contributed by atoms with van der Waals surface area (Å²) in [5.41, 5.74) is 2.81. The van der Waals surface area contributed by atoms with E-state index < -0.39 is 5.82 Å². The quantitative estimate of drug-likeness (QED) is 0.453. The molecule has 4 aromatic rings. The summed E-state index contributed by atoms with van der Waals surface area (Å²) in [4.78, 5) is 34.5. The summed E-state index contributed by atoms with van der Waals surface area (Å²) in [5, 5.41) is 2.69. The number of anilines is 2. The molecule has 0 atom stereocenters. The lowest BCUT2D eigenvalue weighted by Gasteiger charge is -2.35. The summed E-state index contributed by atoms with van der Waals surface area (Å²) < 4.78 is 15.1. The zero-order valence-corrected chi connectivity index (χ0v) is 19.6. The molecular weight excluding hydrogens is 469 g/mol. The number of hydrogen-bond donors (Lipinski definition) is 1. The van der Waals surface area contributed by atoms with Gasteiger partial charge in [-0.2, -0.15) is 0 Å². The predicted octanol–water partition coefficient (Wildman–Crippen LogP) is 4.59. The Morgan fingerprint density at radius 1 is 0.971 bits per heavy atom. The highest BCUT2D eigenvalue weighted by Gasteiger charge is 2.25. The third kappa shape index (κ3) is 4.83. The summed E-state index contributed by atoms with van der Waals surface area (Å²) in [6.45, 7) is 2.19. The maximum Gasteiger partial charge on any atom is 0.321 e. The number of carbonyl (C=O) groups excluding carboxylic acids is 1. The second-order valence-corrected chi connectivity index (χ2v) is 8.74. The van der Waals surface area contributed by atoms with Crippen molar-refractivity contribution >= 4 is 40.2 Å². The number of aromatic nitrogens is 2. The van der Waals surface area contributed by atoms with Crippen LogP contribution in [0.3, 0.4) is 0 Å². The summed E-state index contributed by atoms with van der Waals surface area (Å²) in [6, 6.07) is 21.2. The zero-order valence-electron chi connectivity index (χ0n) is 18.8. The van der Waals surface area contributed by atoms with E-state index >= 15 is 0 Å². The van der Waals surface area contributed by atoms with Gasteiger partial charge in [0, 0.05) is 31.9 Å². The third-order valence-corrected chi connectivity index (χ3v) is 6.35. The molecule has 2 heterocycles. The van der Waals surface area contributed by atoms with Crippen LogP contribution in [0.15, 0.2) is 77.6 Å². The fourth-order valence-electron chi connectivity index (χ4n) is 4.21. The van der Waals surface area contributed by atoms with Crippen LogP contribution in [-0.2, 0) is 6.54 Å². The number of hydrogen-bond acceptors (Lipinski definition) is 4. The SMILES string of the molecule is O=C(Nc1ccc(F)c(Cl)c1)N1CCN(c2nc3ccccc3n(Cc3ccccc3)c2=O)CC1. The Morgan fingerprint density at radius 2 is 1.69 bits per heavy atom. The van der Waals surface area contributed by atoms with E-state index in [0.29, 0.717) is 44.2 Å². The monoisotopic (exact) mass is 491 g/mol. The molecule has 35 heavy (non-hydrogen) atoms. The van der Waals surface area contributed by atoms with Crippen molar-refractivity contribution in [2.45, 2.75) is 6.54 Å². The van der Waals surface area contributed by atoms with E-state index in [4.69, 9.17) is 11.6 Å². The molecule has 1 saturated heterocycles. The predicted molar refractivity (Wildman–Crippen MR) is 136 cm³/mol. The first-order valence-electron chi connectivity index (χ1n) is 11.3. The van der Waals surface area contributed by atoms with Crippen LogP contribution in [0.2, 0.25) is 5.02 Å². The summed E-state index contributed by atoms with van der Waals surface area (Å²) in [7, 11) is 0. The number of halogens is 2. The number of benzene rings is 3. The van der Waals surface area contributed by atoms with Crippen LogP contribution in [0.5, 0.6) is 0 Å². The van der Waals surface area contributed by atoms with Crippen LogP contribution >= 0.6 is 11.6 Å². The Bertz CT molecular complexity index is 1440. The number of carbonyl (C=O) groups is 1. The van der Waals surface area contributed by atoms with Crippen LogP contribution in [0.4, 0.5) is 20.7 Å². The largest absolute Gasteiger partial charge is 0.348 e. The molecule has 7 nitrogen and oxygen atoms in total. The summed E-state index contributed by atoms with van der Waals surface area (Å²) in [5.74, 6) is -0.163. The van der Waals surface area contributed by atoms with E-state index in [1.54, 1.807) is 9.47 Å². The molecule has 1 N–H and O–H groups in total. The summed E-state index contributed by atoms with van der Waals surface area (Å²) in [6.07, 6.45) is 0. The Morgan fingerprint density at radius 3 is 2.43 bits per heavy atom. The fourth-order valence-corrected chi connectivity index (χ4v) is 4.39. The Hall–Kier alpha value is -3.91. The molecule has 0 saturated carbocycles. The van der Waals surface area contributed by atoms with E-state index in [2.05, 4.69) is 10.3 Å². The maximum absolute atomic E-state index is 13.5. The highest BCUT2D eigenvalue weighted by Crippen LogP contribution is 2.21. The average Bonchev–Trinajstić information content (AvgIpc) is 2.88. The fraction of sp³-hybridized carbons (Fsp3) is 0.192. The van der Waals surface area contributed by atoms with Crippen molar-refractivity contribution in [3.05, 3.63) is 99.6 Å². The van der Waals surface area contributed by atoms with Crippen molar-refractivity contribution in [3.8, 4) is 0 Å². The molecule has 0 unspecified atom stereocenters. The number of rotatable bonds is 4. The molecule has 0 radical (unpaired) electrons. The highest BCUT2D eigenvalue weighted by molar-refractivity contribution is 6.31. The Balaban J connectivity index is 1.35. The van der Waals surface area contributed by atoms with E-state index in [1.807, 2.05) is 59.5 Å². The van der Waals surface area contributed by atoms with Crippen LogP contribution in [0, 0.1) is 5.82 Å². The molecule has 1 aliphatic rings. The number of nitrogens with zero attached hydrogens (tertiary/aromatic N) is 4. The topological polar surface area (TPSA) is 70.5 Å². The first-order valence-corrected chi connectivity index (χ1v) is 11.7. The van der Waals surface area contributed by atoms with Gasteiger partial charge in [0.2, 0.25) is 0 Å². The lowest BCUT2D eigenvalue weighted by atomic mass is 10.2. The van der Waals surface area contributed by atoms with Crippen LogP contribution in [-0.4, -0.2) is 46.7 Å². The first kappa shape index (κ1) is 22.9. The second kappa shape index (κ2) is 9.76. The van der Waals surface area contributed by atoms with E-state index in [9.17, 15) is 14.0 Å². The lowest BCUT2D eigenvalue weighted by Crippen LogP contribution is -2.51. The molecule has 1 aliphatic heterocycles. The van der Waals surface area contributed by atoms with Crippen LogP contribution < -0.4 is 15.8 Å². The van der Waals surface area contributed by atoms with Crippen LogP contribution in [0.1, 0.15) is 5.56 Å². The Kier molecular flexibility index (Phi) is 6.37. The van der Waals surface area contributed by atoms with Crippen molar-refractivity contribution in [2.75, 3.05) is 36.4 Å². The van der Waals surface area contributed by atoms with E-state index in [-0.39, 0.29) is 16.6 Å². The van der Waals surface area contributed by atoms with Gasteiger partial charge in [-0.15, -0.1) is 0 Å². The van der Waals surface area contributed by atoms with Gasteiger partial charge in [-0.25, -0.2) is 14.2 Å². The minimum absolute atomic E-state index is 0.0539. The molecule has 5 rings (SSSR count). The average molecular weight is 492 g/mol. The smallest absolute Gasteiger partial charge is 0.321 e. The number of fused-ring (bicyclic) bond motifs is 1. The Labute approximate surface area is 206 Å². The first-order chi connectivity index (χ1) is 17.0. The molecule has 1 aromatic heterocycles. The van der Waals surface area contributed by atoms with Crippen molar-refractivity contribution in [2.24, 2.45) is 0 Å². The number of nitrogens with one attached hydrogen (secondary N) is 1. The number of piperazine rings is 1. The van der Waals surface area contributed by atoms with E-state index in [0.717, 1.165) is 16.6 Å². The molecule has 3 aromatic carbocycles. The molecule has 0 bridgehead atoms. The molecule has 2 amide bonds. The van der Waals surface area contributed by atoms with Gasteiger partial charge in [-0.1, -0.05) is 54.1 Å². The van der Waals surface area contributed by atoms with Gasteiger partial charge in [0.15, 0.2) is 5.82 Å². The molecule has 178 valence electrons. The molecule has 0 aliphatic carbocycles. The normalized spacial score (nSPS) is 13.8. The molecule has 1 fully saturated rings. The van der Waals surface area contributed by atoms with Crippen LogP contribution in [0.25, 0.3) is 11.0 Å². The number of urea groups is 1. The standard InChI is InChI=1S/C26H23ClFN5O2/c27-20-16-19(10-11-21(20)28)29-26(35)32-14-12-31(13-15-32)24-25(34)33(17-18-6-2-1-3-7-18)23-9-5-4-8-22(23)30-24/h1-11,16H,12-15,17H2,(H,29,35). The van der Waals surface area contributed by atoms with Gasteiger partial charge in [-0.05, 0) is 35.9 Å². The van der Waals surface area contributed by atoms with Crippen molar-refractivity contribution in [1.82, 2.24) is 14.5 Å². The van der Waals surface area contributed by atoms with Crippen molar-refractivity contribution in [3.63, 3.8) is 0 Å². The zero-order chi connectivity index (χ0) is 24.4. The number of amides is 2. The second-order valence-electron chi connectivity index (χ2n) is 8.33. The van der Waals surface area contributed by atoms with Gasteiger partial charge in [-0.3, -0.25) is 9.36 Å². The third-order valence-electron chi connectivity index (χ3n) is 6.06. The molecule has 0 spiro atoms. The van der Waals surface area contributed by atoms with Gasteiger partial charge < -0.3 is 15.1 Å². The van der Waals surface area contributed by atoms with Gasteiger partial charge >= 0.3 is 6.03 Å². The lowest BCUT2D eigenvalue weighted by molar-refractivity contribution is 0.208. The maximum atomic E-state index is 13.5. The van der Waals surface area contributed by atoms with Crippen molar-refractivity contribution < 1.29 is 9.18 Å². The van der Waals surface area contributed by atoms with Gasteiger partial charge in [0.05, 0.1) is 22.6 Å². The number of para-hydroxylation sites is 2. The van der Waals surface area contributed by atoms with E-state index in [1.165, 1.54) is 18.2 Å². The minimum atomic E-state index is -0.543. The summed E-state index contributed by atoms with van der Waals surface area (Å²) >= 11 is 5.80. The molecular formula is C26H23ClFN5O2. The van der Waals surface area contributed by atoms with Gasteiger partial charge in [0.25, 0.3) is 5.56 Å². The molecule has 9 heteroatoms. The van der Waals surface area contributed by atoms with Gasteiger partial charge in [0.1, 0.15) is 5.82 Å².